The number of hydrogen-bond acceptors (Lipinski definition) is 2. The highest BCUT2D eigenvalue weighted by Crippen LogP contribution is 2.37. The van der Waals surface area contributed by atoms with Crippen molar-refractivity contribution in [3.63, 3.8) is 0 Å². The van der Waals surface area contributed by atoms with Gasteiger partial charge in [-0.2, -0.15) is 0 Å². The fraction of sp³-hybridized carbons (Fsp3) is 0.364. The number of imidazole rings is 1. The highest BCUT2D eigenvalue weighted by Gasteiger charge is 2.21. The van der Waals surface area contributed by atoms with Gasteiger partial charge in [-0.15, -0.1) is 11.3 Å². The third-order valence-electron chi connectivity index (χ3n) is 2.69. The van der Waals surface area contributed by atoms with Crippen LogP contribution in [0.2, 0.25) is 0 Å². The average molecular weight is 204 g/mol. The molecule has 0 saturated heterocycles. The second-order valence-electron chi connectivity index (χ2n) is 3.86. The SMILES string of the molecule is Cc1nc2c([nH]1)CCc1cc(C)sc1-2. The summed E-state index contributed by atoms with van der Waals surface area (Å²) in [5.74, 6) is 1.04. The molecular weight excluding hydrogens is 192 g/mol. The summed E-state index contributed by atoms with van der Waals surface area (Å²) in [6.07, 6.45) is 2.27. The lowest BCUT2D eigenvalue weighted by Gasteiger charge is -2.09. The lowest BCUT2D eigenvalue weighted by atomic mass is 10.00. The maximum atomic E-state index is 4.56. The van der Waals surface area contributed by atoms with E-state index >= 15 is 0 Å². The topological polar surface area (TPSA) is 28.7 Å². The number of nitrogens with one attached hydrogen (secondary N) is 1. The standard InChI is InChI=1S/C11H12N2S/c1-6-5-8-3-4-9-10(11(8)14-6)13-7(2)12-9/h5H,3-4H2,1-2H3,(H,12,13). The summed E-state index contributed by atoms with van der Waals surface area (Å²) in [6, 6.07) is 2.30. The molecule has 2 aromatic heterocycles. The molecule has 0 atom stereocenters. The molecule has 1 aliphatic rings. The van der Waals surface area contributed by atoms with Crippen LogP contribution in [0.15, 0.2) is 6.07 Å². The minimum Gasteiger partial charge on any atom is -0.346 e. The summed E-state index contributed by atoms with van der Waals surface area (Å²) in [4.78, 5) is 10.7. The zero-order valence-electron chi connectivity index (χ0n) is 8.35. The van der Waals surface area contributed by atoms with E-state index in [4.69, 9.17) is 0 Å². The second-order valence-corrected chi connectivity index (χ2v) is 5.12. The molecule has 1 aliphatic carbocycles. The molecule has 0 spiro atoms. The third kappa shape index (κ3) is 1.05. The molecule has 3 heteroatoms. The number of rotatable bonds is 0. The van der Waals surface area contributed by atoms with Crippen LogP contribution in [0.5, 0.6) is 0 Å². The molecule has 0 unspecified atom stereocenters. The van der Waals surface area contributed by atoms with E-state index in [0.29, 0.717) is 0 Å². The Labute approximate surface area is 87.0 Å². The van der Waals surface area contributed by atoms with Crippen LogP contribution < -0.4 is 0 Å². The van der Waals surface area contributed by atoms with Gasteiger partial charge in [-0.05, 0) is 38.3 Å². The zero-order chi connectivity index (χ0) is 9.71. The normalized spacial score (nSPS) is 13.9. The van der Waals surface area contributed by atoms with Crippen LogP contribution in [0.4, 0.5) is 0 Å². The molecule has 2 heterocycles. The van der Waals surface area contributed by atoms with E-state index in [9.17, 15) is 0 Å². The predicted octanol–water partition coefficient (Wildman–Crippen LogP) is 2.85. The predicted molar refractivity (Wildman–Crippen MR) is 58.8 cm³/mol. The summed E-state index contributed by atoms with van der Waals surface area (Å²) in [5.41, 5.74) is 3.99. The van der Waals surface area contributed by atoms with Crippen molar-refractivity contribution in [2.24, 2.45) is 0 Å². The van der Waals surface area contributed by atoms with Crippen molar-refractivity contribution in [1.82, 2.24) is 9.97 Å². The number of aryl methyl sites for hydroxylation is 4. The van der Waals surface area contributed by atoms with E-state index in [1.807, 2.05) is 18.3 Å². The van der Waals surface area contributed by atoms with Crippen LogP contribution in [0.3, 0.4) is 0 Å². The Kier molecular flexibility index (Phi) is 1.59. The number of H-pyrrole nitrogens is 1. The number of nitrogens with zero attached hydrogens (tertiary/aromatic N) is 1. The lowest BCUT2D eigenvalue weighted by Crippen LogP contribution is -1.99. The summed E-state index contributed by atoms with van der Waals surface area (Å²) in [6.45, 7) is 4.20. The molecule has 1 N–H and O–H groups in total. The van der Waals surface area contributed by atoms with E-state index < -0.39 is 0 Å². The first kappa shape index (κ1) is 8.24. The van der Waals surface area contributed by atoms with Crippen molar-refractivity contribution in [1.29, 1.82) is 0 Å². The Bertz CT molecular complexity index is 447. The van der Waals surface area contributed by atoms with E-state index in [-0.39, 0.29) is 0 Å². The van der Waals surface area contributed by atoms with Gasteiger partial charge in [0, 0.05) is 10.6 Å². The molecule has 14 heavy (non-hydrogen) atoms. The van der Waals surface area contributed by atoms with Crippen LogP contribution in [0.25, 0.3) is 10.6 Å². The van der Waals surface area contributed by atoms with Crippen molar-refractivity contribution in [2.75, 3.05) is 0 Å². The summed E-state index contributed by atoms with van der Waals surface area (Å²) >= 11 is 1.86. The summed E-state index contributed by atoms with van der Waals surface area (Å²) in [7, 11) is 0. The van der Waals surface area contributed by atoms with Crippen molar-refractivity contribution in [3.8, 4) is 10.6 Å². The van der Waals surface area contributed by atoms with Crippen molar-refractivity contribution in [2.45, 2.75) is 26.7 Å². The first-order chi connectivity index (χ1) is 6.74. The maximum absolute atomic E-state index is 4.56. The Balaban J connectivity index is 2.27. The third-order valence-corrected chi connectivity index (χ3v) is 3.79. The Morgan fingerprint density at radius 1 is 1.36 bits per heavy atom. The molecule has 2 aromatic rings. The van der Waals surface area contributed by atoms with Crippen LogP contribution in [0.1, 0.15) is 22.0 Å². The van der Waals surface area contributed by atoms with Gasteiger partial charge in [0.15, 0.2) is 0 Å². The van der Waals surface area contributed by atoms with Gasteiger partial charge < -0.3 is 4.98 Å². The van der Waals surface area contributed by atoms with Gasteiger partial charge in [0.05, 0.1) is 4.88 Å². The Hall–Kier alpha value is -1.09. The molecule has 0 aliphatic heterocycles. The molecule has 2 nitrogen and oxygen atoms in total. The van der Waals surface area contributed by atoms with Crippen molar-refractivity contribution >= 4 is 11.3 Å². The number of aromatic nitrogens is 2. The van der Waals surface area contributed by atoms with E-state index in [0.717, 1.165) is 18.7 Å². The van der Waals surface area contributed by atoms with Gasteiger partial charge in [0.2, 0.25) is 0 Å². The van der Waals surface area contributed by atoms with Gasteiger partial charge in [-0.25, -0.2) is 4.98 Å². The van der Waals surface area contributed by atoms with E-state index in [2.05, 4.69) is 23.0 Å². The Morgan fingerprint density at radius 2 is 2.21 bits per heavy atom. The first-order valence-electron chi connectivity index (χ1n) is 4.89. The van der Waals surface area contributed by atoms with Crippen LogP contribution in [-0.2, 0) is 12.8 Å². The van der Waals surface area contributed by atoms with Gasteiger partial charge >= 0.3 is 0 Å². The van der Waals surface area contributed by atoms with Crippen molar-refractivity contribution < 1.29 is 0 Å². The van der Waals surface area contributed by atoms with Gasteiger partial charge in [0.25, 0.3) is 0 Å². The quantitative estimate of drug-likeness (QED) is 0.702. The smallest absolute Gasteiger partial charge is 0.103 e. The monoisotopic (exact) mass is 204 g/mol. The fourth-order valence-corrected chi connectivity index (χ4v) is 3.20. The summed E-state index contributed by atoms with van der Waals surface area (Å²) in [5, 5.41) is 0. The highest BCUT2D eigenvalue weighted by atomic mass is 32.1. The zero-order valence-corrected chi connectivity index (χ0v) is 9.16. The van der Waals surface area contributed by atoms with Gasteiger partial charge in [-0.3, -0.25) is 0 Å². The van der Waals surface area contributed by atoms with Crippen LogP contribution >= 0.6 is 11.3 Å². The molecule has 0 radical (unpaired) electrons. The number of aromatic amines is 1. The molecule has 0 amide bonds. The molecule has 0 fully saturated rings. The molecule has 0 bridgehead atoms. The molecular formula is C11H12N2S. The fourth-order valence-electron chi connectivity index (χ4n) is 2.12. The molecule has 0 aromatic carbocycles. The highest BCUT2D eigenvalue weighted by molar-refractivity contribution is 7.15. The minimum absolute atomic E-state index is 1.04. The number of fused-ring (bicyclic) bond motifs is 3. The Morgan fingerprint density at radius 3 is 3.07 bits per heavy atom. The second kappa shape index (κ2) is 2.70. The maximum Gasteiger partial charge on any atom is 0.103 e. The lowest BCUT2D eigenvalue weighted by molar-refractivity contribution is 0.910. The largest absolute Gasteiger partial charge is 0.346 e. The average Bonchev–Trinajstić information content (AvgIpc) is 2.65. The van der Waals surface area contributed by atoms with Crippen molar-refractivity contribution in [3.05, 3.63) is 28.0 Å². The molecule has 3 rings (SSSR count). The van der Waals surface area contributed by atoms with Gasteiger partial charge in [-0.1, -0.05) is 0 Å². The molecule has 72 valence electrons. The van der Waals surface area contributed by atoms with E-state index in [1.54, 1.807) is 0 Å². The van der Waals surface area contributed by atoms with Crippen LogP contribution in [0, 0.1) is 13.8 Å². The number of thiophene rings is 1. The van der Waals surface area contributed by atoms with Crippen LogP contribution in [-0.4, -0.2) is 9.97 Å². The summed E-state index contributed by atoms with van der Waals surface area (Å²) < 4.78 is 0. The van der Waals surface area contributed by atoms with Gasteiger partial charge in [0.1, 0.15) is 11.5 Å². The van der Waals surface area contributed by atoms with E-state index in [1.165, 1.54) is 26.7 Å². The first-order valence-corrected chi connectivity index (χ1v) is 5.71. The molecule has 0 saturated carbocycles. The minimum atomic E-state index is 1.04. The number of hydrogen-bond donors (Lipinski definition) is 1.